The number of hydrogen-bond acceptors (Lipinski definition) is 5. The fourth-order valence-electron chi connectivity index (χ4n) is 2.50. The van der Waals surface area contributed by atoms with Gasteiger partial charge < -0.3 is 4.74 Å². The third-order valence-electron chi connectivity index (χ3n) is 3.61. The van der Waals surface area contributed by atoms with Crippen LogP contribution in [0.5, 0.6) is 5.75 Å². The molecule has 2 heterocycles. The summed E-state index contributed by atoms with van der Waals surface area (Å²) >= 11 is 1.64. The van der Waals surface area contributed by atoms with Gasteiger partial charge in [0.05, 0.1) is 24.4 Å². The summed E-state index contributed by atoms with van der Waals surface area (Å²) in [6.07, 6.45) is 0.738. The van der Waals surface area contributed by atoms with Crippen molar-refractivity contribution in [2.45, 2.75) is 12.5 Å². The molecule has 0 spiro atoms. The molecule has 3 aromatic rings. The fraction of sp³-hybridized carbons (Fsp3) is 0.267. The van der Waals surface area contributed by atoms with Crippen molar-refractivity contribution in [2.24, 2.45) is 12.9 Å². The van der Waals surface area contributed by atoms with Crippen molar-refractivity contribution in [3.8, 4) is 5.75 Å². The Balaban J connectivity index is 1.92. The van der Waals surface area contributed by atoms with Crippen molar-refractivity contribution in [3.63, 3.8) is 0 Å². The number of methoxy groups -OCH3 is 1. The van der Waals surface area contributed by atoms with Gasteiger partial charge in [-0.1, -0.05) is 18.2 Å². The molecule has 1 aromatic carbocycles. The zero-order chi connectivity index (χ0) is 14.8. The number of benzene rings is 1. The van der Waals surface area contributed by atoms with E-state index < -0.39 is 0 Å². The second kappa shape index (κ2) is 5.85. The maximum Gasteiger partial charge on any atom is 0.129 e. The van der Waals surface area contributed by atoms with Crippen LogP contribution in [0.15, 0.2) is 35.7 Å². The first-order valence-electron chi connectivity index (χ1n) is 6.72. The van der Waals surface area contributed by atoms with Crippen LogP contribution >= 0.6 is 11.3 Å². The molecule has 3 N–H and O–H groups in total. The lowest BCUT2D eigenvalue weighted by Crippen LogP contribution is -2.29. The van der Waals surface area contributed by atoms with Crippen LogP contribution in [-0.4, -0.2) is 16.9 Å². The molecule has 0 bridgehead atoms. The molecule has 0 saturated heterocycles. The lowest BCUT2D eigenvalue weighted by molar-refractivity contribution is 0.415. The third-order valence-corrected chi connectivity index (χ3v) is 4.63. The van der Waals surface area contributed by atoms with E-state index in [2.05, 4.69) is 22.7 Å². The van der Waals surface area contributed by atoms with Crippen molar-refractivity contribution in [1.29, 1.82) is 0 Å². The molecule has 0 aliphatic carbocycles. The SMILES string of the molecule is COc1csc(C(Cc2nn(C)c3ccccc23)NN)c1. The van der Waals surface area contributed by atoms with Crippen LogP contribution < -0.4 is 16.0 Å². The maximum absolute atomic E-state index is 5.74. The lowest BCUT2D eigenvalue weighted by atomic mass is 10.1. The highest BCUT2D eigenvalue weighted by molar-refractivity contribution is 7.10. The Morgan fingerprint density at radius 1 is 1.43 bits per heavy atom. The number of thiophene rings is 1. The molecule has 3 rings (SSSR count). The summed E-state index contributed by atoms with van der Waals surface area (Å²) < 4.78 is 7.15. The van der Waals surface area contributed by atoms with E-state index >= 15 is 0 Å². The van der Waals surface area contributed by atoms with Gasteiger partial charge in [-0.05, 0) is 12.1 Å². The smallest absolute Gasteiger partial charge is 0.129 e. The summed E-state index contributed by atoms with van der Waals surface area (Å²) in [5.74, 6) is 6.60. The van der Waals surface area contributed by atoms with E-state index in [4.69, 9.17) is 10.6 Å². The molecule has 6 heteroatoms. The van der Waals surface area contributed by atoms with Gasteiger partial charge in [0.2, 0.25) is 0 Å². The van der Waals surface area contributed by atoms with Crippen molar-refractivity contribution in [3.05, 3.63) is 46.3 Å². The number of para-hydroxylation sites is 1. The van der Waals surface area contributed by atoms with Crippen LogP contribution in [0.1, 0.15) is 16.6 Å². The van der Waals surface area contributed by atoms with E-state index in [9.17, 15) is 0 Å². The molecule has 1 unspecified atom stereocenters. The molecule has 110 valence electrons. The summed E-state index contributed by atoms with van der Waals surface area (Å²) in [6.45, 7) is 0. The second-order valence-electron chi connectivity index (χ2n) is 4.90. The number of nitrogens with zero attached hydrogens (tertiary/aromatic N) is 2. The Morgan fingerprint density at radius 2 is 2.24 bits per heavy atom. The minimum Gasteiger partial charge on any atom is -0.496 e. The normalized spacial score (nSPS) is 12.7. The lowest BCUT2D eigenvalue weighted by Gasteiger charge is -2.12. The highest BCUT2D eigenvalue weighted by Gasteiger charge is 2.17. The molecular formula is C15H18N4OS. The van der Waals surface area contributed by atoms with Gasteiger partial charge in [-0.2, -0.15) is 5.10 Å². The summed E-state index contributed by atoms with van der Waals surface area (Å²) in [5.41, 5.74) is 5.06. The van der Waals surface area contributed by atoms with E-state index in [1.807, 2.05) is 35.3 Å². The van der Waals surface area contributed by atoms with Crippen LogP contribution in [0.4, 0.5) is 0 Å². The highest BCUT2D eigenvalue weighted by atomic mass is 32.1. The largest absolute Gasteiger partial charge is 0.496 e. The van der Waals surface area contributed by atoms with Crippen LogP contribution in [0.25, 0.3) is 10.9 Å². The topological polar surface area (TPSA) is 65.1 Å². The van der Waals surface area contributed by atoms with E-state index in [1.165, 1.54) is 5.39 Å². The molecule has 21 heavy (non-hydrogen) atoms. The molecule has 0 fully saturated rings. The molecule has 0 amide bonds. The van der Waals surface area contributed by atoms with Gasteiger partial charge in [-0.25, -0.2) is 0 Å². The number of hydrogen-bond donors (Lipinski definition) is 2. The Kier molecular flexibility index (Phi) is 3.92. The first-order chi connectivity index (χ1) is 10.2. The van der Waals surface area contributed by atoms with E-state index in [0.717, 1.165) is 28.3 Å². The van der Waals surface area contributed by atoms with Gasteiger partial charge in [0, 0.05) is 29.1 Å². The molecule has 2 aromatic heterocycles. The number of ether oxygens (including phenoxy) is 1. The minimum atomic E-state index is 0.0252. The predicted octanol–water partition coefficient (Wildman–Crippen LogP) is 2.39. The number of aromatic nitrogens is 2. The van der Waals surface area contributed by atoms with Crippen molar-refractivity contribution >= 4 is 22.2 Å². The van der Waals surface area contributed by atoms with E-state index in [1.54, 1.807) is 18.4 Å². The molecular weight excluding hydrogens is 284 g/mol. The monoisotopic (exact) mass is 302 g/mol. The summed E-state index contributed by atoms with van der Waals surface area (Å²) in [5, 5.41) is 7.78. The van der Waals surface area contributed by atoms with Gasteiger partial charge in [-0.15, -0.1) is 11.3 Å². The Labute approximate surface area is 127 Å². The molecule has 0 radical (unpaired) electrons. The number of rotatable bonds is 5. The predicted molar refractivity (Wildman–Crippen MR) is 85.4 cm³/mol. The summed E-state index contributed by atoms with van der Waals surface area (Å²) in [4.78, 5) is 1.14. The molecule has 0 aliphatic rings. The number of fused-ring (bicyclic) bond motifs is 1. The van der Waals surface area contributed by atoms with E-state index in [-0.39, 0.29) is 6.04 Å². The Morgan fingerprint density at radius 3 is 2.95 bits per heavy atom. The van der Waals surface area contributed by atoms with Crippen molar-refractivity contribution in [1.82, 2.24) is 15.2 Å². The van der Waals surface area contributed by atoms with Gasteiger partial charge in [0.25, 0.3) is 0 Å². The fourth-order valence-corrected chi connectivity index (χ4v) is 3.41. The quantitative estimate of drug-likeness (QED) is 0.561. The Hall–Kier alpha value is -1.89. The number of nitrogens with one attached hydrogen (secondary N) is 1. The Bertz CT molecular complexity index is 749. The first-order valence-corrected chi connectivity index (χ1v) is 7.60. The zero-order valence-electron chi connectivity index (χ0n) is 12.0. The third kappa shape index (κ3) is 2.65. The average molecular weight is 302 g/mol. The van der Waals surface area contributed by atoms with E-state index in [0.29, 0.717) is 0 Å². The van der Waals surface area contributed by atoms with Crippen LogP contribution in [0.3, 0.4) is 0 Å². The van der Waals surface area contributed by atoms with Crippen molar-refractivity contribution < 1.29 is 4.74 Å². The van der Waals surface area contributed by atoms with Crippen LogP contribution in [0.2, 0.25) is 0 Å². The highest BCUT2D eigenvalue weighted by Crippen LogP contribution is 2.30. The number of nitrogens with two attached hydrogens (primary N) is 1. The summed E-state index contributed by atoms with van der Waals surface area (Å²) in [6, 6.07) is 10.3. The van der Waals surface area contributed by atoms with Gasteiger partial charge in [0.15, 0.2) is 0 Å². The molecule has 5 nitrogen and oxygen atoms in total. The van der Waals surface area contributed by atoms with Crippen molar-refractivity contribution in [2.75, 3.05) is 7.11 Å². The summed E-state index contributed by atoms with van der Waals surface area (Å²) in [7, 11) is 3.63. The number of aryl methyl sites for hydroxylation is 1. The van der Waals surface area contributed by atoms with Gasteiger partial charge in [0.1, 0.15) is 5.75 Å². The molecule has 0 aliphatic heterocycles. The first kappa shape index (κ1) is 14.1. The van der Waals surface area contributed by atoms with Gasteiger partial charge in [-0.3, -0.25) is 16.0 Å². The van der Waals surface area contributed by atoms with Gasteiger partial charge >= 0.3 is 0 Å². The average Bonchev–Trinajstić information content (AvgIpc) is 3.11. The second-order valence-corrected chi connectivity index (χ2v) is 5.84. The standard InChI is InChI=1S/C15H18N4OS/c1-19-14-6-4-3-5-11(14)12(18-19)8-13(17-16)15-7-10(20-2)9-21-15/h3-7,9,13,17H,8,16H2,1-2H3. The number of hydrazine groups is 1. The minimum absolute atomic E-state index is 0.0252. The molecule has 0 saturated carbocycles. The maximum atomic E-state index is 5.74. The van der Waals surface area contributed by atoms with Crippen LogP contribution in [-0.2, 0) is 13.5 Å². The zero-order valence-corrected chi connectivity index (χ0v) is 12.9. The van der Waals surface area contributed by atoms with Crippen LogP contribution in [0, 0.1) is 0 Å². The molecule has 1 atom stereocenters.